The van der Waals surface area contributed by atoms with Crippen LogP contribution in [0.5, 0.6) is 5.75 Å². The number of fused-ring (bicyclic) bond motifs is 1. The number of methoxy groups -OCH3 is 1. The first-order valence-electron chi connectivity index (χ1n) is 22.5. The molecule has 0 aliphatic carbocycles. The molecule has 0 spiro atoms. The highest BCUT2D eigenvalue weighted by Crippen LogP contribution is 2.44. The van der Waals surface area contributed by atoms with Crippen LogP contribution in [0.4, 0.5) is 38.9 Å². The molecule has 3 amide bonds. The number of halogens is 2. The van der Waals surface area contributed by atoms with Gasteiger partial charge in [0.2, 0.25) is 23.7 Å². The van der Waals surface area contributed by atoms with E-state index in [1.165, 1.54) is 6.07 Å². The number of carbonyl (C=O) groups is 3. The van der Waals surface area contributed by atoms with Gasteiger partial charge in [0.15, 0.2) is 0 Å². The quantitative estimate of drug-likeness (QED) is 0.0710. The van der Waals surface area contributed by atoms with Crippen LogP contribution in [0, 0.1) is 5.82 Å². The van der Waals surface area contributed by atoms with Crippen LogP contribution in [-0.4, -0.2) is 113 Å². The Morgan fingerprint density at radius 3 is 2.40 bits per heavy atom. The van der Waals surface area contributed by atoms with Crippen LogP contribution < -0.4 is 35.8 Å². The lowest BCUT2D eigenvalue weighted by molar-refractivity contribution is -0.138. The average molecular weight is 1010 g/mol. The van der Waals surface area contributed by atoms with Gasteiger partial charge in [-0.2, -0.15) is 10.1 Å². The Morgan fingerprint density at radius 1 is 0.956 bits per heavy atom. The van der Waals surface area contributed by atoms with Crippen LogP contribution in [0.2, 0.25) is 0 Å². The number of aryl methyl sites for hydroxylation is 1. The number of hydrogen-bond donors (Lipinski definition) is 4. The molecule has 6 aromatic rings. The van der Waals surface area contributed by atoms with Crippen LogP contribution in [-0.2, 0) is 26.0 Å². The maximum atomic E-state index is 15.4. The highest BCUT2D eigenvalue weighted by atomic mass is 79.9. The predicted molar refractivity (Wildman–Crippen MR) is 266 cm³/mol. The fourth-order valence-electron chi connectivity index (χ4n) is 9.53. The summed E-state index contributed by atoms with van der Waals surface area (Å²) >= 11 is 3.60. The number of aromatic nitrogens is 4. The second-order valence-electron chi connectivity index (χ2n) is 18.1. The van der Waals surface area contributed by atoms with Crippen LogP contribution in [0.15, 0.2) is 89.8 Å². The molecule has 0 radical (unpaired) electrons. The summed E-state index contributed by atoms with van der Waals surface area (Å²) in [6, 6.07) is 20.5. The van der Waals surface area contributed by atoms with E-state index < -0.39 is 30.4 Å². The van der Waals surface area contributed by atoms with Gasteiger partial charge in [-0.1, -0.05) is 36.4 Å². The highest BCUT2D eigenvalue weighted by molar-refractivity contribution is 9.10. The zero-order chi connectivity index (χ0) is 47.9. The van der Waals surface area contributed by atoms with Crippen molar-refractivity contribution in [2.75, 3.05) is 80.1 Å². The van der Waals surface area contributed by atoms with Gasteiger partial charge in [-0.15, -0.1) is 0 Å². The van der Waals surface area contributed by atoms with E-state index in [1.807, 2.05) is 66.7 Å². The zero-order valence-electron chi connectivity index (χ0n) is 38.3. The summed E-state index contributed by atoms with van der Waals surface area (Å²) in [7, 11) is 0.719. The molecule has 354 valence electrons. The SMILES string of the molecule is COc1cc(N2CCN(C(=O)CC3(O)CCN(c4ccc(C5CCC(=O)NC5=O)cc4F)CC3)CC2)c(-c2cnn(C)c2)cc1Nc1ncc(Br)c(Nc2ccc3ccccc3c2P(C)(C)=O)n1. The normalized spacial score (nSPS) is 17.6. The van der Waals surface area contributed by atoms with Gasteiger partial charge in [0, 0.05) is 93.3 Å². The largest absolute Gasteiger partial charge is 0.494 e. The molecular formula is C49H53BrFN10O6P. The van der Waals surface area contributed by atoms with Crippen molar-refractivity contribution in [2.24, 2.45) is 7.05 Å². The summed E-state index contributed by atoms with van der Waals surface area (Å²) < 4.78 is 37.4. The standard InChI is InChI=1S/C49H53BrFN10O6P/c1-58-29-32(27-53-58)35-24-39(55-48-52-28-36(50)46(57-48)54-38-12-9-30-7-5-6-8-33(30)45(38)68(3,4)66)42(67-2)25-41(35)60-19-21-61(22-20-60)44(63)26-49(65)15-17-59(18-16-49)40-13-10-31(23-37(40)51)34-11-14-43(62)56-47(34)64/h5-10,12-13,23-25,27-29,34,65H,11,14-22,26H2,1-4H3,(H,56,62,64)(H2,52,54,55,57). The van der Waals surface area contributed by atoms with Crippen molar-refractivity contribution in [3.8, 4) is 16.9 Å². The summed E-state index contributed by atoms with van der Waals surface area (Å²) in [6.07, 6.45) is 6.46. The number of piperazine rings is 1. The van der Waals surface area contributed by atoms with Gasteiger partial charge < -0.3 is 39.7 Å². The van der Waals surface area contributed by atoms with E-state index in [1.54, 1.807) is 54.5 Å². The first-order valence-corrected chi connectivity index (χ1v) is 25.9. The summed E-state index contributed by atoms with van der Waals surface area (Å²) in [5.74, 6) is -0.614. The number of benzene rings is 4. The topological polar surface area (TPSA) is 187 Å². The molecule has 5 heterocycles. The van der Waals surface area contributed by atoms with E-state index in [9.17, 15) is 24.1 Å². The third kappa shape index (κ3) is 9.80. The minimum atomic E-state index is -2.74. The molecule has 3 aliphatic heterocycles. The van der Waals surface area contributed by atoms with E-state index >= 15 is 4.39 Å². The number of piperidine rings is 2. The number of nitrogens with zero attached hydrogens (tertiary/aromatic N) is 7. The average Bonchev–Trinajstić information content (AvgIpc) is 3.75. The maximum Gasteiger partial charge on any atom is 0.234 e. The van der Waals surface area contributed by atoms with Gasteiger partial charge in [-0.05, 0) is 89.1 Å². The number of anilines is 6. The van der Waals surface area contributed by atoms with E-state index in [0.29, 0.717) is 90.3 Å². The van der Waals surface area contributed by atoms with Gasteiger partial charge in [0.1, 0.15) is 24.5 Å². The molecule has 1 atom stereocenters. The van der Waals surface area contributed by atoms with E-state index in [0.717, 1.165) is 32.9 Å². The lowest BCUT2D eigenvalue weighted by Gasteiger charge is -2.41. The van der Waals surface area contributed by atoms with E-state index in [-0.39, 0.29) is 37.5 Å². The van der Waals surface area contributed by atoms with Gasteiger partial charge in [-0.3, -0.25) is 24.4 Å². The molecular weight excluding hydrogens is 954 g/mol. The van der Waals surface area contributed by atoms with Crippen molar-refractivity contribution < 1.29 is 33.2 Å². The molecule has 0 bridgehead atoms. The first-order chi connectivity index (χ1) is 32.6. The minimum absolute atomic E-state index is 0.0380. The Morgan fingerprint density at radius 2 is 1.71 bits per heavy atom. The third-order valence-corrected chi connectivity index (χ3v) is 15.3. The number of amides is 3. The molecule has 4 aromatic carbocycles. The monoisotopic (exact) mass is 1010 g/mol. The van der Waals surface area contributed by atoms with Gasteiger partial charge in [0.05, 0.1) is 52.8 Å². The molecule has 3 saturated heterocycles. The maximum absolute atomic E-state index is 15.4. The molecule has 68 heavy (non-hydrogen) atoms. The number of imide groups is 1. The Balaban J connectivity index is 0.871. The Labute approximate surface area is 401 Å². The Kier molecular flexibility index (Phi) is 13.0. The zero-order valence-corrected chi connectivity index (χ0v) is 40.7. The summed E-state index contributed by atoms with van der Waals surface area (Å²) in [4.78, 5) is 53.0. The fraction of sp³-hybridized carbons (Fsp3) is 0.347. The summed E-state index contributed by atoms with van der Waals surface area (Å²) in [5.41, 5.74) is 3.60. The van der Waals surface area contributed by atoms with Crippen LogP contribution in [0.25, 0.3) is 21.9 Å². The van der Waals surface area contributed by atoms with E-state index in [2.05, 4.69) is 46.9 Å². The molecule has 3 fully saturated rings. The van der Waals surface area contributed by atoms with E-state index in [4.69, 9.17) is 9.72 Å². The summed E-state index contributed by atoms with van der Waals surface area (Å²) in [5, 5.41) is 27.8. The van der Waals surface area contributed by atoms with Gasteiger partial charge >= 0.3 is 0 Å². The highest BCUT2D eigenvalue weighted by Gasteiger charge is 2.38. The smallest absolute Gasteiger partial charge is 0.234 e. The summed E-state index contributed by atoms with van der Waals surface area (Å²) in [6.45, 7) is 6.17. The minimum Gasteiger partial charge on any atom is -0.494 e. The number of rotatable bonds is 12. The number of nitrogens with one attached hydrogen (secondary N) is 3. The number of carbonyl (C=O) groups excluding carboxylic acids is 3. The van der Waals surface area contributed by atoms with Gasteiger partial charge in [0.25, 0.3) is 0 Å². The molecule has 3 aliphatic rings. The van der Waals surface area contributed by atoms with Crippen molar-refractivity contribution >= 4 is 91.4 Å². The molecule has 1 unspecified atom stereocenters. The van der Waals surface area contributed by atoms with Gasteiger partial charge in [-0.25, -0.2) is 9.37 Å². The Hall–Kier alpha value is -6.36. The number of aliphatic hydroxyl groups is 1. The first kappa shape index (κ1) is 46.7. The lowest BCUT2D eigenvalue weighted by atomic mass is 9.87. The van der Waals surface area contributed by atoms with Crippen molar-refractivity contribution in [1.82, 2.24) is 30.0 Å². The molecule has 16 nitrogen and oxygen atoms in total. The molecule has 19 heteroatoms. The predicted octanol–water partition coefficient (Wildman–Crippen LogP) is 7.27. The van der Waals surface area contributed by atoms with Crippen LogP contribution in [0.3, 0.4) is 0 Å². The number of ether oxygens (including phenoxy) is 1. The van der Waals surface area contributed by atoms with Crippen molar-refractivity contribution in [2.45, 2.75) is 43.6 Å². The van der Waals surface area contributed by atoms with Crippen molar-refractivity contribution in [1.29, 1.82) is 0 Å². The lowest BCUT2D eigenvalue weighted by Crippen LogP contribution is -2.52. The molecule has 0 saturated carbocycles. The molecule has 4 N–H and O–H groups in total. The van der Waals surface area contributed by atoms with Crippen molar-refractivity contribution in [3.05, 3.63) is 101 Å². The van der Waals surface area contributed by atoms with Crippen LogP contribution in [0.1, 0.15) is 43.6 Å². The fourth-order valence-corrected chi connectivity index (χ4v) is 11.3. The molecule has 2 aromatic heterocycles. The van der Waals surface area contributed by atoms with Crippen LogP contribution >= 0.6 is 23.1 Å². The second-order valence-corrected chi connectivity index (χ2v) is 22.1. The molecule has 9 rings (SSSR count). The Bertz CT molecular complexity index is 2980. The number of hydrogen-bond acceptors (Lipinski definition) is 13. The van der Waals surface area contributed by atoms with Crippen molar-refractivity contribution in [3.63, 3.8) is 0 Å². The second kappa shape index (κ2) is 19.0. The third-order valence-electron chi connectivity index (χ3n) is 13.1.